The van der Waals surface area contributed by atoms with Crippen molar-refractivity contribution >= 4 is 5.95 Å². The van der Waals surface area contributed by atoms with Crippen LogP contribution in [0, 0.1) is 0 Å². The molecule has 0 radical (unpaired) electrons. The van der Waals surface area contributed by atoms with Crippen LogP contribution in [-0.2, 0) is 6.54 Å². The summed E-state index contributed by atoms with van der Waals surface area (Å²) in [5.74, 6) is 2.54. The summed E-state index contributed by atoms with van der Waals surface area (Å²) in [5, 5.41) is 12.3. The molecule has 0 atom stereocenters. The highest BCUT2D eigenvalue weighted by Gasteiger charge is 2.24. The van der Waals surface area contributed by atoms with Crippen molar-refractivity contribution in [3.63, 3.8) is 0 Å². The zero-order chi connectivity index (χ0) is 18.8. The fourth-order valence-electron chi connectivity index (χ4n) is 3.72. The average Bonchev–Trinajstić information content (AvgIpc) is 3.25. The lowest BCUT2D eigenvalue weighted by Gasteiger charge is -2.35. The van der Waals surface area contributed by atoms with Crippen LogP contribution in [0.5, 0.6) is 11.5 Å². The number of hydrogen-bond acceptors (Lipinski definition) is 7. The van der Waals surface area contributed by atoms with Crippen molar-refractivity contribution in [3.8, 4) is 17.2 Å². The number of para-hydroxylation sites is 2. The molecule has 1 fully saturated rings. The largest absolute Gasteiger partial charge is 0.486 e. The zero-order valence-corrected chi connectivity index (χ0v) is 15.6. The molecule has 28 heavy (non-hydrogen) atoms. The lowest BCUT2D eigenvalue weighted by Crippen LogP contribution is -2.46. The zero-order valence-electron chi connectivity index (χ0n) is 15.6. The van der Waals surface area contributed by atoms with Crippen LogP contribution in [0.3, 0.4) is 0 Å². The summed E-state index contributed by atoms with van der Waals surface area (Å²) in [6.45, 7) is 5.70. The van der Waals surface area contributed by atoms with E-state index in [4.69, 9.17) is 9.47 Å². The van der Waals surface area contributed by atoms with E-state index in [-0.39, 0.29) is 0 Å². The summed E-state index contributed by atoms with van der Waals surface area (Å²) in [4.78, 5) is 4.67. The van der Waals surface area contributed by atoms with Crippen LogP contribution < -0.4 is 14.4 Å². The van der Waals surface area contributed by atoms with E-state index in [9.17, 15) is 0 Å². The standard InChI is InChI=1S/C20H22N6O2/c1-2-6-17(7-3-1)26-20(21-22-23-26)25-11-9-24(10-12-25)15-16-5-4-8-18-19(16)28-14-13-27-18/h1-8H,9-15H2. The molecule has 1 aromatic heterocycles. The van der Waals surface area contributed by atoms with Crippen LogP contribution in [-0.4, -0.2) is 64.5 Å². The maximum atomic E-state index is 5.85. The van der Waals surface area contributed by atoms with Gasteiger partial charge in [-0.3, -0.25) is 4.90 Å². The Balaban J connectivity index is 1.26. The molecule has 0 bridgehead atoms. The quantitative estimate of drug-likeness (QED) is 0.685. The minimum absolute atomic E-state index is 0.611. The molecule has 2 aliphatic heterocycles. The normalized spacial score (nSPS) is 16.9. The maximum absolute atomic E-state index is 5.85. The van der Waals surface area contributed by atoms with Gasteiger partial charge in [-0.1, -0.05) is 35.4 Å². The second-order valence-corrected chi connectivity index (χ2v) is 6.93. The fourth-order valence-corrected chi connectivity index (χ4v) is 3.72. The predicted octanol–water partition coefficient (Wildman–Crippen LogP) is 1.76. The van der Waals surface area contributed by atoms with Crippen LogP contribution >= 0.6 is 0 Å². The van der Waals surface area contributed by atoms with Gasteiger partial charge in [-0.15, -0.1) is 0 Å². The summed E-state index contributed by atoms with van der Waals surface area (Å²) in [6.07, 6.45) is 0. The van der Waals surface area contributed by atoms with E-state index in [2.05, 4.69) is 31.4 Å². The number of tetrazole rings is 1. The minimum Gasteiger partial charge on any atom is -0.486 e. The van der Waals surface area contributed by atoms with Crippen LogP contribution in [0.2, 0.25) is 0 Å². The van der Waals surface area contributed by atoms with Gasteiger partial charge in [0.15, 0.2) is 11.5 Å². The molecule has 3 heterocycles. The Kier molecular flexibility index (Phi) is 4.54. The molecule has 144 valence electrons. The van der Waals surface area contributed by atoms with Gasteiger partial charge in [-0.05, 0) is 28.6 Å². The molecule has 8 nitrogen and oxygen atoms in total. The van der Waals surface area contributed by atoms with Gasteiger partial charge >= 0.3 is 0 Å². The number of aromatic nitrogens is 4. The Bertz CT molecular complexity index is 937. The number of ether oxygens (including phenoxy) is 2. The molecule has 0 amide bonds. The molecule has 0 N–H and O–H groups in total. The second kappa shape index (κ2) is 7.47. The van der Waals surface area contributed by atoms with Gasteiger partial charge < -0.3 is 14.4 Å². The highest BCUT2D eigenvalue weighted by Crippen LogP contribution is 2.34. The van der Waals surface area contributed by atoms with Gasteiger partial charge in [0.05, 0.1) is 5.69 Å². The summed E-state index contributed by atoms with van der Waals surface area (Å²) in [5.41, 5.74) is 2.15. The van der Waals surface area contributed by atoms with Crippen molar-refractivity contribution in [1.29, 1.82) is 0 Å². The molecular formula is C20H22N6O2. The number of hydrogen-bond donors (Lipinski definition) is 0. The van der Waals surface area contributed by atoms with Crippen molar-refractivity contribution in [2.24, 2.45) is 0 Å². The van der Waals surface area contributed by atoms with Gasteiger partial charge in [-0.2, -0.15) is 4.68 Å². The SMILES string of the molecule is c1ccc(-n2nnnc2N2CCN(Cc3cccc4c3OCCO4)CC2)cc1. The Morgan fingerprint density at radius 1 is 0.857 bits per heavy atom. The molecule has 3 aromatic rings. The summed E-state index contributed by atoms with van der Waals surface area (Å²) >= 11 is 0. The number of anilines is 1. The lowest BCUT2D eigenvalue weighted by molar-refractivity contribution is 0.166. The first-order chi connectivity index (χ1) is 13.9. The molecule has 2 aromatic carbocycles. The monoisotopic (exact) mass is 378 g/mol. The first kappa shape index (κ1) is 17.0. The molecule has 0 aliphatic carbocycles. The van der Waals surface area contributed by atoms with Crippen molar-refractivity contribution in [2.75, 3.05) is 44.3 Å². The van der Waals surface area contributed by atoms with Crippen molar-refractivity contribution in [3.05, 3.63) is 54.1 Å². The highest BCUT2D eigenvalue weighted by atomic mass is 16.6. The summed E-state index contributed by atoms with van der Waals surface area (Å²) in [6, 6.07) is 16.1. The van der Waals surface area contributed by atoms with E-state index in [0.717, 1.165) is 55.9 Å². The van der Waals surface area contributed by atoms with Gasteiger partial charge in [0, 0.05) is 38.3 Å². The van der Waals surface area contributed by atoms with E-state index in [1.54, 1.807) is 4.68 Å². The molecular weight excluding hydrogens is 356 g/mol. The number of nitrogens with zero attached hydrogens (tertiary/aromatic N) is 6. The highest BCUT2D eigenvalue weighted by molar-refractivity contribution is 5.47. The number of fused-ring (bicyclic) bond motifs is 1. The van der Waals surface area contributed by atoms with Gasteiger partial charge in [0.25, 0.3) is 0 Å². The van der Waals surface area contributed by atoms with Gasteiger partial charge in [0.1, 0.15) is 13.2 Å². The number of benzene rings is 2. The van der Waals surface area contributed by atoms with Gasteiger partial charge in [0.2, 0.25) is 5.95 Å². The molecule has 0 saturated carbocycles. The van der Waals surface area contributed by atoms with Crippen molar-refractivity contribution < 1.29 is 9.47 Å². The maximum Gasteiger partial charge on any atom is 0.250 e. The van der Waals surface area contributed by atoms with Crippen LogP contribution in [0.15, 0.2) is 48.5 Å². The topological polar surface area (TPSA) is 68.5 Å². The van der Waals surface area contributed by atoms with E-state index >= 15 is 0 Å². The Labute approximate surface area is 163 Å². The Morgan fingerprint density at radius 2 is 1.68 bits per heavy atom. The predicted molar refractivity (Wildman–Crippen MR) is 104 cm³/mol. The van der Waals surface area contributed by atoms with E-state index in [1.165, 1.54) is 5.56 Å². The third kappa shape index (κ3) is 3.27. The third-order valence-electron chi connectivity index (χ3n) is 5.15. The average molecular weight is 378 g/mol. The second-order valence-electron chi connectivity index (χ2n) is 6.93. The van der Waals surface area contributed by atoms with Crippen molar-refractivity contribution in [1.82, 2.24) is 25.1 Å². The third-order valence-corrected chi connectivity index (χ3v) is 5.15. The summed E-state index contributed by atoms with van der Waals surface area (Å²) < 4.78 is 13.3. The van der Waals surface area contributed by atoms with E-state index in [1.807, 2.05) is 42.5 Å². The van der Waals surface area contributed by atoms with Crippen LogP contribution in [0.4, 0.5) is 5.95 Å². The smallest absolute Gasteiger partial charge is 0.250 e. The first-order valence-corrected chi connectivity index (χ1v) is 9.57. The lowest BCUT2D eigenvalue weighted by atomic mass is 10.1. The van der Waals surface area contributed by atoms with Crippen LogP contribution in [0.25, 0.3) is 5.69 Å². The molecule has 1 saturated heterocycles. The molecule has 0 unspecified atom stereocenters. The molecule has 0 spiro atoms. The summed E-state index contributed by atoms with van der Waals surface area (Å²) in [7, 11) is 0. The molecule has 8 heteroatoms. The Hall–Kier alpha value is -3.13. The minimum atomic E-state index is 0.611. The van der Waals surface area contributed by atoms with Crippen LogP contribution in [0.1, 0.15) is 5.56 Å². The first-order valence-electron chi connectivity index (χ1n) is 9.57. The number of rotatable bonds is 4. The van der Waals surface area contributed by atoms with E-state index < -0.39 is 0 Å². The van der Waals surface area contributed by atoms with Crippen molar-refractivity contribution in [2.45, 2.75) is 6.54 Å². The molecule has 5 rings (SSSR count). The van der Waals surface area contributed by atoms with Gasteiger partial charge in [-0.25, -0.2) is 0 Å². The molecule has 2 aliphatic rings. The van der Waals surface area contributed by atoms with E-state index in [0.29, 0.717) is 13.2 Å². The fraction of sp³-hybridized carbons (Fsp3) is 0.350. The Morgan fingerprint density at radius 3 is 2.54 bits per heavy atom. The number of piperazine rings is 1.